The lowest BCUT2D eigenvalue weighted by Gasteiger charge is -2.10. The van der Waals surface area contributed by atoms with Crippen molar-refractivity contribution in [1.29, 1.82) is 0 Å². The van der Waals surface area contributed by atoms with Crippen LogP contribution in [0, 0.1) is 0 Å². The van der Waals surface area contributed by atoms with E-state index in [2.05, 4.69) is 4.98 Å². The number of pyridine rings is 1. The van der Waals surface area contributed by atoms with Crippen molar-refractivity contribution in [3.63, 3.8) is 0 Å². The number of aromatic nitrogens is 1. The highest BCUT2D eigenvalue weighted by Gasteiger charge is 2.14. The van der Waals surface area contributed by atoms with Gasteiger partial charge in [0.1, 0.15) is 0 Å². The normalized spacial score (nSPS) is 12.5. The van der Waals surface area contributed by atoms with Gasteiger partial charge in [0.05, 0.1) is 5.56 Å². The van der Waals surface area contributed by atoms with Crippen LogP contribution in [0.4, 0.5) is 0 Å². The molecule has 5 heteroatoms. The lowest BCUT2D eigenvalue weighted by atomic mass is 10.0. The Morgan fingerprint density at radius 1 is 1.69 bits per heavy atom. The standard InChI is InChI=1S/C8H11N3O2/c9-3-7(10)6-4-11-2-1-5(6)8(12)13/h1-2,4,7H,3,9-10H2,(H,12,13)/t7-/m1/s1. The van der Waals surface area contributed by atoms with Gasteiger partial charge in [-0.2, -0.15) is 0 Å². The van der Waals surface area contributed by atoms with Crippen molar-refractivity contribution in [3.05, 3.63) is 29.6 Å². The maximum absolute atomic E-state index is 10.7. The lowest BCUT2D eigenvalue weighted by Crippen LogP contribution is -2.23. The zero-order valence-corrected chi connectivity index (χ0v) is 6.97. The molecular formula is C8H11N3O2. The average Bonchev–Trinajstić information content (AvgIpc) is 2.16. The van der Waals surface area contributed by atoms with Crippen molar-refractivity contribution in [1.82, 2.24) is 4.98 Å². The van der Waals surface area contributed by atoms with E-state index in [1.54, 1.807) is 0 Å². The van der Waals surface area contributed by atoms with Crippen LogP contribution >= 0.6 is 0 Å². The van der Waals surface area contributed by atoms with Crippen LogP contribution in [0.5, 0.6) is 0 Å². The molecule has 1 aromatic heterocycles. The molecule has 0 amide bonds. The highest BCUT2D eigenvalue weighted by Crippen LogP contribution is 2.13. The van der Waals surface area contributed by atoms with E-state index in [4.69, 9.17) is 16.6 Å². The van der Waals surface area contributed by atoms with E-state index in [9.17, 15) is 4.79 Å². The summed E-state index contributed by atoms with van der Waals surface area (Å²) in [5, 5.41) is 8.79. The fourth-order valence-electron chi connectivity index (χ4n) is 1.02. The quantitative estimate of drug-likeness (QED) is 0.596. The summed E-state index contributed by atoms with van der Waals surface area (Å²) < 4.78 is 0. The number of carboxylic acids is 1. The van der Waals surface area contributed by atoms with Crippen LogP contribution in [-0.4, -0.2) is 22.6 Å². The van der Waals surface area contributed by atoms with Crippen molar-refractivity contribution >= 4 is 5.97 Å². The van der Waals surface area contributed by atoms with Crippen molar-refractivity contribution in [2.75, 3.05) is 6.54 Å². The molecule has 0 aliphatic heterocycles. The zero-order chi connectivity index (χ0) is 9.84. The van der Waals surface area contributed by atoms with Crippen LogP contribution in [0.25, 0.3) is 0 Å². The summed E-state index contributed by atoms with van der Waals surface area (Å²) in [7, 11) is 0. The summed E-state index contributed by atoms with van der Waals surface area (Å²) in [5.41, 5.74) is 11.6. The fourth-order valence-corrected chi connectivity index (χ4v) is 1.02. The minimum atomic E-state index is -1.01. The number of nitrogens with zero attached hydrogens (tertiary/aromatic N) is 1. The molecule has 5 N–H and O–H groups in total. The summed E-state index contributed by atoms with van der Waals surface area (Å²) in [6.45, 7) is 0.200. The van der Waals surface area contributed by atoms with E-state index < -0.39 is 12.0 Å². The second-order valence-electron chi connectivity index (χ2n) is 2.61. The SMILES string of the molecule is NC[C@@H](N)c1cnccc1C(=O)O. The maximum Gasteiger partial charge on any atom is 0.336 e. The Bertz CT molecular complexity index is 314. The summed E-state index contributed by atoms with van der Waals surface area (Å²) in [6.07, 6.45) is 2.84. The second kappa shape index (κ2) is 3.97. The molecule has 0 saturated heterocycles. The van der Waals surface area contributed by atoms with Crippen LogP contribution in [-0.2, 0) is 0 Å². The number of hydrogen-bond acceptors (Lipinski definition) is 4. The Labute approximate surface area is 75.4 Å². The number of hydrogen-bond donors (Lipinski definition) is 3. The smallest absolute Gasteiger partial charge is 0.336 e. The van der Waals surface area contributed by atoms with Gasteiger partial charge in [0, 0.05) is 30.5 Å². The van der Waals surface area contributed by atoms with Crippen LogP contribution in [0.3, 0.4) is 0 Å². The molecule has 0 aliphatic rings. The van der Waals surface area contributed by atoms with E-state index in [-0.39, 0.29) is 12.1 Å². The Kier molecular flexibility index (Phi) is 2.94. The molecule has 0 aliphatic carbocycles. The molecule has 13 heavy (non-hydrogen) atoms. The average molecular weight is 181 g/mol. The van der Waals surface area contributed by atoms with Gasteiger partial charge in [0.25, 0.3) is 0 Å². The molecule has 0 bridgehead atoms. The van der Waals surface area contributed by atoms with Crippen molar-refractivity contribution in [2.24, 2.45) is 11.5 Å². The molecule has 0 spiro atoms. The molecule has 1 heterocycles. The highest BCUT2D eigenvalue weighted by molar-refractivity contribution is 5.89. The minimum Gasteiger partial charge on any atom is -0.478 e. The Balaban J connectivity index is 3.11. The Hall–Kier alpha value is -1.46. The van der Waals surface area contributed by atoms with Gasteiger partial charge in [0.15, 0.2) is 0 Å². The van der Waals surface area contributed by atoms with Crippen LogP contribution < -0.4 is 11.5 Å². The van der Waals surface area contributed by atoms with Gasteiger partial charge in [-0.1, -0.05) is 0 Å². The first kappa shape index (κ1) is 9.63. The van der Waals surface area contributed by atoms with Gasteiger partial charge >= 0.3 is 5.97 Å². The van der Waals surface area contributed by atoms with Crippen LogP contribution in [0.15, 0.2) is 18.5 Å². The zero-order valence-electron chi connectivity index (χ0n) is 6.97. The predicted molar refractivity (Wildman–Crippen MR) is 47.2 cm³/mol. The van der Waals surface area contributed by atoms with Gasteiger partial charge in [-0.15, -0.1) is 0 Å². The second-order valence-corrected chi connectivity index (χ2v) is 2.61. The molecule has 5 nitrogen and oxygen atoms in total. The van der Waals surface area contributed by atoms with E-state index in [0.717, 1.165) is 0 Å². The number of nitrogens with two attached hydrogens (primary N) is 2. The molecule has 1 atom stereocenters. The van der Waals surface area contributed by atoms with E-state index in [1.165, 1.54) is 18.5 Å². The first-order chi connectivity index (χ1) is 6.16. The monoisotopic (exact) mass is 181 g/mol. The third-order valence-corrected chi connectivity index (χ3v) is 1.74. The summed E-state index contributed by atoms with van der Waals surface area (Å²) in [5.74, 6) is -1.01. The first-order valence-electron chi connectivity index (χ1n) is 3.79. The summed E-state index contributed by atoms with van der Waals surface area (Å²) >= 11 is 0. The van der Waals surface area contributed by atoms with E-state index in [0.29, 0.717) is 5.56 Å². The number of aromatic carboxylic acids is 1. The Morgan fingerprint density at radius 2 is 2.38 bits per heavy atom. The molecule has 0 aromatic carbocycles. The molecule has 0 radical (unpaired) electrons. The van der Waals surface area contributed by atoms with E-state index in [1.807, 2.05) is 0 Å². The molecule has 0 fully saturated rings. The van der Waals surface area contributed by atoms with Crippen LogP contribution in [0.2, 0.25) is 0 Å². The van der Waals surface area contributed by atoms with Crippen LogP contribution in [0.1, 0.15) is 22.0 Å². The lowest BCUT2D eigenvalue weighted by molar-refractivity contribution is 0.0695. The molecule has 70 valence electrons. The molecular weight excluding hydrogens is 170 g/mol. The predicted octanol–water partition coefficient (Wildman–Crippen LogP) is -0.262. The topological polar surface area (TPSA) is 102 Å². The van der Waals surface area contributed by atoms with Gasteiger partial charge in [-0.05, 0) is 6.07 Å². The largest absolute Gasteiger partial charge is 0.478 e. The number of rotatable bonds is 3. The molecule has 0 saturated carbocycles. The summed E-state index contributed by atoms with van der Waals surface area (Å²) in [6, 6.07) is 0.937. The summed E-state index contributed by atoms with van der Waals surface area (Å²) in [4.78, 5) is 14.5. The van der Waals surface area contributed by atoms with Gasteiger partial charge in [-0.25, -0.2) is 4.79 Å². The maximum atomic E-state index is 10.7. The molecule has 1 rings (SSSR count). The minimum absolute atomic E-state index is 0.160. The van der Waals surface area contributed by atoms with E-state index >= 15 is 0 Å². The Morgan fingerprint density at radius 3 is 2.92 bits per heavy atom. The van der Waals surface area contributed by atoms with Crippen molar-refractivity contribution in [2.45, 2.75) is 6.04 Å². The van der Waals surface area contributed by atoms with Gasteiger partial charge in [0.2, 0.25) is 0 Å². The third kappa shape index (κ3) is 2.01. The molecule has 1 aromatic rings. The highest BCUT2D eigenvalue weighted by atomic mass is 16.4. The first-order valence-corrected chi connectivity index (χ1v) is 3.79. The van der Waals surface area contributed by atoms with Crippen molar-refractivity contribution < 1.29 is 9.90 Å². The number of carbonyl (C=O) groups is 1. The van der Waals surface area contributed by atoms with Gasteiger partial charge in [-0.3, -0.25) is 4.98 Å². The third-order valence-electron chi connectivity index (χ3n) is 1.74. The number of carboxylic acid groups (broad SMARTS) is 1. The molecule has 0 unspecified atom stereocenters. The van der Waals surface area contributed by atoms with Gasteiger partial charge < -0.3 is 16.6 Å². The fraction of sp³-hybridized carbons (Fsp3) is 0.250. The van der Waals surface area contributed by atoms with Crippen molar-refractivity contribution in [3.8, 4) is 0 Å².